The van der Waals surface area contributed by atoms with Gasteiger partial charge in [0.2, 0.25) is 0 Å². The minimum absolute atomic E-state index is 0.0649. The van der Waals surface area contributed by atoms with Crippen LogP contribution >= 0.6 is 0 Å². The molecule has 1 fully saturated rings. The maximum atomic E-state index is 13.3. The fourth-order valence-corrected chi connectivity index (χ4v) is 4.68. The number of hydrogen-bond acceptors (Lipinski definition) is 4. The van der Waals surface area contributed by atoms with Gasteiger partial charge in [0.25, 0.3) is 11.7 Å². The average molecular weight is 490 g/mol. The molecule has 1 aliphatic rings. The number of hydrogen-bond donors (Lipinski definition) is 1. The van der Waals surface area contributed by atoms with Crippen LogP contribution in [0.15, 0.2) is 109 Å². The lowest BCUT2D eigenvalue weighted by Crippen LogP contribution is -2.29. The van der Waals surface area contributed by atoms with Crippen molar-refractivity contribution in [3.63, 3.8) is 0 Å². The van der Waals surface area contributed by atoms with E-state index >= 15 is 0 Å². The zero-order valence-corrected chi connectivity index (χ0v) is 20.7. The monoisotopic (exact) mass is 489 g/mol. The van der Waals surface area contributed by atoms with Crippen molar-refractivity contribution in [3.8, 4) is 5.75 Å². The zero-order valence-electron chi connectivity index (χ0n) is 20.7. The Kier molecular flexibility index (Phi) is 6.60. The molecule has 1 aliphatic heterocycles. The van der Waals surface area contributed by atoms with Crippen LogP contribution in [0.3, 0.4) is 0 Å². The normalized spacial score (nSPS) is 16.7. The van der Waals surface area contributed by atoms with Crippen LogP contribution in [0.5, 0.6) is 5.75 Å². The number of ether oxygens (including phenoxy) is 1. The molecule has 4 aromatic rings. The van der Waals surface area contributed by atoms with E-state index in [0.717, 1.165) is 22.3 Å². The summed E-state index contributed by atoms with van der Waals surface area (Å²) in [6.07, 6.45) is 0. The van der Waals surface area contributed by atoms with Gasteiger partial charge in [0.15, 0.2) is 0 Å². The number of amides is 1. The molecule has 4 aromatic carbocycles. The predicted molar refractivity (Wildman–Crippen MR) is 144 cm³/mol. The number of aryl methyl sites for hydroxylation is 2. The minimum atomic E-state index is -0.752. The molecule has 0 bridgehead atoms. The Labute approximate surface area is 216 Å². The summed E-state index contributed by atoms with van der Waals surface area (Å²) in [6.45, 7) is 4.24. The van der Waals surface area contributed by atoms with Crippen molar-refractivity contribution in [2.75, 3.05) is 4.90 Å². The van der Waals surface area contributed by atoms with E-state index in [-0.39, 0.29) is 11.3 Å². The predicted octanol–water partition coefficient (Wildman–Crippen LogP) is 6.51. The van der Waals surface area contributed by atoms with E-state index in [9.17, 15) is 14.7 Å². The van der Waals surface area contributed by atoms with Gasteiger partial charge in [-0.05, 0) is 66.4 Å². The Morgan fingerprint density at radius 2 is 1.54 bits per heavy atom. The smallest absolute Gasteiger partial charge is 0.300 e. The molecule has 37 heavy (non-hydrogen) atoms. The first kappa shape index (κ1) is 24.1. The Morgan fingerprint density at radius 1 is 0.838 bits per heavy atom. The molecule has 1 N–H and O–H groups in total. The third-order valence-corrected chi connectivity index (χ3v) is 6.53. The highest BCUT2D eigenvalue weighted by Gasteiger charge is 2.46. The second-order valence-electron chi connectivity index (χ2n) is 9.17. The van der Waals surface area contributed by atoms with E-state index in [4.69, 9.17) is 4.74 Å². The average Bonchev–Trinajstić information content (AvgIpc) is 3.18. The van der Waals surface area contributed by atoms with E-state index < -0.39 is 17.7 Å². The summed E-state index contributed by atoms with van der Waals surface area (Å²) in [4.78, 5) is 28.1. The molecule has 1 unspecified atom stereocenters. The fourth-order valence-electron chi connectivity index (χ4n) is 4.68. The first-order valence-electron chi connectivity index (χ1n) is 12.1. The molecular formula is C32H27NO4. The molecule has 0 radical (unpaired) electrons. The Morgan fingerprint density at radius 3 is 2.22 bits per heavy atom. The molecule has 1 heterocycles. The van der Waals surface area contributed by atoms with Gasteiger partial charge in [-0.3, -0.25) is 14.5 Å². The van der Waals surface area contributed by atoms with Gasteiger partial charge in [-0.2, -0.15) is 0 Å². The summed E-state index contributed by atoms with van der Waals surface area (Å²) in [7, 11) is 0. The van der Waals surface area contributed by atoms with E-state index in [2.05, 4.69) is 0 Å². The number of nitrogens with zero attached hydrogens (tertiary/aromatic N) is 1. The van der Waals surface area contributed by atoms with Gasteiger partial charge in [0, 0.05) is 11.3 Å². The van der Waals surface area contributed by atoms with E-state index in [1.165, 1.54) is 4.90 Å². The molecule has 0 aliphatic carbocycles. The molecule has 0 aromatic heterocycles. The highest BCUT2D eigenvalue weighted by Crippen LogP contribution is 2.42. The lowest BCUT2D eigenvalue weighted by molar-refractivity contribution is -0.132. The second kappa shape index (κ2) is 10.2. The van der Waals surface area contributed by atoms with Crippen LogP contribution < -0.4 is 9.64 Å². The van der Waals surface area contributed by atoms with Gasteiger partial charge in [0.1, 0.15) is 18.1 Å². The van der Waals surface area contributed by atoms with Crippen LogP contribution in [0, 0.1) is 13.8 Å². The van der Waals surface area contributed by atoms with Gasteiger partial charge in [-0.25, -0.2) is 0 Å². The maximum absolute atomic E-state index is 13.3. The summed E-state index contributed by atoms with van der Waals surface area (Å²) < 4.78 is 5.97. The SMILES string of the molecule is Cc1cccc(N2C(=O)C(=O)/C(=C(\O)c3ccc(OCc4ccccc4)c(C)c3)C2c2ccccc2)c1. The van der Waals surface area contributed by atoms with Gasteiger partial charge in [-0.1, -0.05) is 72.8 Å². The van der Waals surface area contributed by atoms with E-state index in [1.807, 2.05) is 92.7 Å². The van der Waals surface area contributed by atoms with Crippen molar-refractivity contribution in [1.82, 2.24) is 0 Å². The van der Waals surface area contributed by atoms with Gasteiger partial charge >= 0.3 is 0 Å². The Balaban J connectivity index is 1.55. The quantitative estimate of drug-likeness (QED) is 0.191. The van der Waals surface area contributed by atoms with Crippen LogP contribution in [0.1, 0.15) is 33.9 Å². The lowest BCUT2D eigenvalue weighted by atomic mass is 9.94. The molecule has 0 saturated carbocycles. The number of aliphatic hydroxyl groups excluding tert-OH is 1. The molecule has 0 spiro atoms. The maximum Gasteiger partial charge on any atom is 0.300 e. The van der Waals surface area contributed by atoms with Crippen LogP contribution in [0.4, 0.5) is 5.69 Å². The second-order valence-corrected chi connectivity index (χ2v) is 9.17. The summed E-state index contributed by atoms with van der Waals surface area (Å²) >= 11 is 0. The lowest BCUT2D eigenvalue weighted by Gasteiger charge is -2.25. The molecule has 1 amide bonds. The summed E-state index contributed by atoms with van der Waals surface area (Å²) in [6, 6.07) is 31.1. The number of carbonyl (C=O) groups is 2. The Bertz CT molecular complexity index is 1490. The van der Waals surface area contributed by atoms with E-state index in [0.29, 0.717) is 23.6 Å². The molecule has 1 atom stereocenters. The van der Waals surface area contributed by atoms with Crippen LogP contribution in [-0.4, -0.2) is 16.8 Å². The highest BCUT2D eigenvalue weighted by molar-refractivity contribution is 6.51. The number of benzene rings is 4. The third-order valence-electron chi connectivity index (χ3n) is 6.53. The standard InChI is InChI=1S/C32H27NO4/c1-21-10-9-15-26(18-21)33-29(24-13-7-4-8-14-24)28(31(35)32(33)36)30(34)25-16-17-27(22(2)19-25)37-20-23-11-5-3-6-12-23/h3-19,29,34H,20H2,1-2H3/b30-28-. The van der Waals surface area contributed by atoms with Crippen molar-refractivity contribution in [2.24, 2.45) is 0 Å². The number of rotatable bonds is 6. The largest absolute Gasteiger partial charge is 0.507 e. The molecule has 184 valence electrons. The summed E-state index contributed by atoms with van der Waals surface area (Å²) in [5, 5.41) is 11.4. The summed E-state index contributed by atoms with van der Waals surface area (Å²) in [5.74, 6) is -0.907. The van der Waals surface area contributed by atoms with Crippen LogP contribution in [0.2, 0.25) is 0 Å². The van der Waals surface area contributed by atoms with Crippen LogP contribution in [0.25, 0.3) is 5.76 Å². The van der Waals surface area contributed by atoms with Crippen molar-refractivity contribution in [3.05, 3.63) is 137 Å². The molecule has 1 saturated heterocycles. The van der Waals surface area contributed by atoms with Gasteiger partial charge in [-0.15, -0.1) is 0 Å². The first-order valence-corrected chi connectivity index (χ1v) is 12.1. The van der Waals surface area contributed by atoms with Crippen molar-refractivity contribution >= 4 is 23.1 Å². The summed E-state index contributed by atoms with van der Waals surface area (Å²) in [5.41, 5.74) is 4.69. The van der Waals surface area contributed by atoms with Gasteiger partial charge < -0.3 is 9.84 Å². The Hall–Kier alpha value is -4.64. The molecular weight excluding hydrogens is 462 g/mol. The number of aliphatic hydroxyl groups is 1. The number of carbonyl (C=O) groups excluding carboxylic acids is 2. The molecule has 5 rings (SSSR count). The fraction of sp³-hybridized carbons (Fsp3) is 0.125. The molecule has 5 heteroatoms. The van der Waals surface area contributed by atoms with Crippen molar-refractivity contribution in [2.45, 2.75) is 26.5 Å². The number of Topliss-reactive ketones (excluding diaryl/α,β-unsaturated/α-hetero) is 1. The van der Waals surface area contributed by atoms with Gasteiger partial charge in [0.05, 0.1) is 11.6 Å². The number of anilines is 1. The minimum Gasteiger partial charge on any atom is -0.507 e. The first-order chi connectivity index (χ1) is 17.9. The van der Waals surface area contributed by atoms with Crippen molar-refractivity contribution in [1.29, 1.82) is 0 Å². The van der Waals surface area contributed by atoms with Crippen molar-refractivity contribution < 1.29 is 19.4 Å². The van der Waals surface area contributed by atoms with E-state index in [1.54, 1.807) is 24.3 Å². The topological polar surface area (TPSA) is 66.8 Å². The highest BCUT2D eigenvalue weighted by atomic mass is 16.5. The molecule has 5 nitrogen and oxygen atoms in total. The number of ketones is 1. The third kappa shape index (κ3) is 4.76. The van der Waals surface area contributed by atoms with Crippen LogP contribution in [-0.2, 0) is 16.2 Å². The zero-order chi connectivity index (χ0) is 25.9.